The van der Waals surface area contributed by atoms with Gasteiger partial charge in [-0.1, -0.05) is 106 Å². The first-order valence-corrected chi connectivity index (χ1v) is 40.6. The van der Waals surface area contributed by atoms with Crippen LogP contribution in [0.1, 0.15) is 38.8 Å². The molecule has 3 aliphatic heterocycles. The van der Waals surface area contributed by atoms with Crippen LogP contribution in [0.25, 0.3) is 11.3 Å². The van der Waals surface area contributed by atoms with E-state index in [2.05, 4.69) is 147 Å². The molecule has 3 aliphatic rings. The van der Waals surface area contributed by atoms with Crippen molar-refractivity contribution in [3.8, 4) is 11.3 Å². The van der Waals surface area contributed by atoms with Crippen molar-refractivity contribution in [2.45, 2.75) is 52.0 Å². The molecule has 4 aromatic rings. The van der Waals surface area contributed by atoms with Crippen LogP contribution in [0.4, 0.5) is 11.6 Å². The van der Waals surface area contributed by atoms with Crippen LogP contribution in [-0.4, -0.2) is 107 Å². The van der Waals surface area contributed by atoms with Gasteiger partial charge >= 0.3 is 57.6 Å². The Hall–Kier alpha value is 1.59. The molecule has 12 nitrogen and oxygen atoms in total. The van der Waals surface area contributed by atoms with E-state index in [0.29, 0.717) is 51.1 Å². The third-order valence-electron chi connectivity index (χ3n) is 9.95. The number of pyridine rings is 2. The number of rotatable bonds is 6. The Balaban J connectivity index is 0.000000466. The normalized spacial score (nSPS) is 18.0. The number of sulfone groups is 2. The molecule has 23 heteroatoms. The van der Waals surface area contributed by atoms with Gasteiger partial charge in [-0.25, -0.2) is 26.8 Å². The standard InChI is InChI=1S/C17H26BNO4S.C16H19N3O2S.C5H5BrN2.CH2I2.CH2I.I3.V/c1-16(2)17(3,4)23-18(22-16)15-7-5-14(6-8-15)13-19-9-11-24(20,21)12-10-19;17-16-3-1-2-15(18-16)14-6-4-13(5-7-14)12-19-8-10-22(20,21)11-9-19;6-4-2-1-3-5(7)8-4;2-1-3;1-2;1-3-2;/h5-8H,9-13H2,1-4H3;1-7H,8-12H2,(H2,17,18);1-3H,(H2,7,8);1H2;1H2;;/q;;;;2*-1;. The molecule has 3 saturated heterocycles. The van der Waals surface area contributed by atoms with Gasteiger partial charge < -0.3 is 43.4 Å². The molecule has 7 rings (SSSR count). The van der Waals surface area contributed by atoms with Gasteiger partial charge in [-0.2, -0.15) is 0 Å². The van der Waals surface area contributed by atoms with E-state index >= 15 is 0 Å². The summed E-state index contributed by atoms with van der Waals surface area (Å²) in [5.41, 5.74) is 15.6. The van der Waals surface area contributed by atoms with Gasteiger partial charge in [-0.05, 0) is 84.5 Å². The van der Waals surface area contributed by atoms with E-state index in [1.165, 1.54) is 13.6 Å². The summed E-state index contributed by atoms with van der Waals surface area (Å²) < 4.78 is 59.9. The second-order valence-corrected chi connectivity index (χ2v) is 41.0. The van der Waals surface area contributed by atoms with Gasteiger partial charge in [0.25, 0.3) is 0 Å². The number of hydrogen-bond donors (Lipinski definition) is 2. The Kier molecular flexibility index (Phi) is 31.5. The van der Waals surface area contributed by atoms with E-state index in [-0.39, 0.29) is 59.9 Å². The van der Waals surface area contributed by atoms with Gasteiger partial charge in [0.2, 0.25) is 0 Å². The molecule has 0 amide bonds. The molecular weight excluding hydrogens is 1630 g/mol. The predicted octanol–water partition coefficient (Wildman–Crippen LogP) is 6.00. The smallest absolute Gasteiger partial charge is 0.152 e. The summed E-state index contributed by atoms with van der Waals surface area (Å²) in [4.78, 5) is 15.8. The number of nitrogen functional groups attached to an aromatic ring is 2. The molecular formula is C40H54BBrI6N6O6S2V-2. The van der Waals surface area contributed by atoms with Crippen LogP contribution in [0, 0.1) is 4.93 Å². The first kappa shape index (κ1) is 62.6. The number of alkyl halides is 2. The molecule has 0 unspecified atom stereocenters. The topological polar surface area (TPSA) is 171 Å². The first-order valence-electron chi connectivity index (χ1n) is 19.0. The molecule has 5 heterocycles. The molecule has 0 bridgehead atoms. The molecule has 0 aliphatic carbocycles. The summed E-state index contributed by atoms with van der Waals surface area (Å²) in [6.45, 7) is 12.2. The van der Waals surface area contributed by atoms with Gasteiger partial charge in [0.05, 0.1) is 42.3 Å². The van der Waals surface area contributed by atoms with Crippen molar-refractivity contribution in [2.24, 2.45) is 0 Å². The minimum atomic E-state index is -2.82. The van der Waals surface area contributed by atoms with Gasteiger partial charge in [0.15, 0.2) is 19.7 Å². The zero-order valence-electron chi connectivity index (χ0n) is 35.4. The number of nitrogens with zero attached hydrogens (tertiary/aromatic N) is 4. The van der Waals surface area contributed by atoms with Crippen LogP contribution < -0.4 is 30.2 Å². The maximum absolute atomic E-state index is 11.5. The average Bonchev–Trinajstić information content (AvgIpc) is 3.44. The van der Waals surface area contributed by atoms with Crippen LogP contribution in [0.3, 0.4) is 0 Å². The summed E-state index contributed by atoms with van der Waals surface area (Å²) in [6.07, 6.45) is 0. The van der Waals surface area contributed by atoms with E-state index in [1.54, 1.807) is 12.1 Å². The monoisotopic (exact) mass is 1680 g/mol. The Bertz CT molecular complexity index is 2100. The second-order valence-electron chi connectivity index (χ2n) is 14.9. The van der Waals surface area contributed by atoms with Crippen molar-refractivity contribution in [1.82, 2.24) is 19.8 Å². The third-order valence-corrected chi connectivity index (χ3v) is 13.6. The summed E-state index contributed by atoms with van der Waals surface area (Å²) in [5, 5.41) is 0. The summed E-state index contributed by atoms with van der Waals surface area (Å²) >= 11 is 14.9. The molecule has 351 valence electrons. The number of nitrogens with two attached hydrogens (primary N) is 2. The first-order chi connectivity index (χ1) is 29.2. The van der Waals surface area contributed by atoms with Crippen molar-refractivity contribution >= 4 is 165 Å². The van der Waals surface area contributed by atoms with Crippen LogP contribution in [0.2, 0.25) is 0 Å². The largest absolute Gasteiger partial charge is 0.384 e. The molecule has 3 fully saturated rings. The van der Waals surface area contributed by atoms with E-state index in [0.717, 1.165) is 34.4 Å². The number of anilines is 2. The number of halogens is 7. The Morgan fingerprint density at radius 2 is 1.06 bits per heavy atom. The molecule has 4 N–H and O–H groups in total. The summed E-state index contributed by atoms with van der Waals surface area (Å²) in [7, 11) is -5.98. The zero-order chi connectivity index (χ0) is 46.6. The van der Waals surface area contributed by atoms with Crippen molar-refractivity contribution in [1.29, 1.82) is 0 Å². The van der Waals surface area contributed by atoms with Crippen molar-refractivity contribution in [3.63, 3.8) is 0 Å². The fraction of sp³-hybridized carbons (Fsp3) is 0.425. The number of aromatic nitrogens is 2. The quantitative estimate of drug-likeness (QED) is 0.0760. The minimum absolute atomic E-state index is 0. The fourth-order valence-electron chi connectivity index (χ4n) is 5.91. The summed E-state index contributed by atoms with van der Waals surface area (Å²) in [5.74, 6) is 2.10. The van der Waals surface area contributed by atoms with E-state index < -0.39 is 19.7 Å². The van der Waals surface area contributed by atoms with Crippen molar-refractivity contribution in [2.75, 3.05) is 63.1 Å². The molecule has 63 heavy (non-hydrogen) atoms. The van der Waals surface area contributed by atoms with Crippen molar-refractivity contribution in [3.05, 3.63) is 106 Å². The Morgan fingerprint density at radius 1 is 0.698 bits per heavy atom. The van der Waals surface area contributed by atoms with Crippen LogP contribution in [0.15, 0.2) is 89.5 Å². The van der Waals surface area contributed by atoms with Crippen LogP contribution >= 0.6 is 121 Å². The van der Waals surface area contributed by atoms with Gasteiger partial charge in [0.1, 0.15) is 16.2 Å². The molecule has 0 spiro atoms. The van der Waals surface area contributed by atoms with Crippen LogP contribution in [-0.2, 0) is 60.6 Å². The van der Waals surface area contributed by atoms with Gasteiger partial charge in [-0.3, -0.25) is 14.7 Å². The Labute approximate surface area is 467 Å². The van der Waals surface area contributed by atoms with E-state index in [1.807, 2.05) is 98.8 Å². The van der Waals surface area contributed by atoms with Gasteiger partial charge in [0, 0.05) is 63.4 Å². The molecule has 2 aromatic heterocycles. The number of benzene rings is 2. The maximum Gasteiger partial charge on any atom is 0.152 e. The zero-order valence-corrected chi connectivity index (χ0v) is 53.0. The van der Waals surface area contributed by atoms with Crippen molar-refractivity contribution < 1.29 is 58.0 Å². The molecule has 0 saturated carbocycles. The SMILES string of the molecule is CC1(C)OB(c2ccc(CN3CCS(=O)(=O)CC3)cc2)OC1(C)C.ICI.I[I-]I.Nc1cccc(-c2ccc(CN3CCS(=O)(=O)CC3)cc2)n1.Nc1cccc(Br)n1.[CH2-]I.[V]. The average molecular weight is 1680 g/mol. The Morgan fingerprint density at radius 3 is 1.41 bits per heavy atom. The summed E-state index contributed by atoms with van der Waals surface area (Å²) in [6, 6.07) is 27.4. The fourth-order valence-corrected chi connectivity index (χ4v) is 8.82. The predicted molar refractivity (Wildman–Crippen MR) is 301 cm³/mol. The van der Waals surface area contributed by atoms with Gasteiger partial charge in [-0.15, -0.1) is 0 Å². The maximum atomic E-state index is 11.5. The third kappa shape index (κ3) is 23.8. The second kappa shape index (κ2) is 31.7. The number of hydrogen-bond acceptors (Lipinski definition) is 12. The minimum Gasteiger partial charge on any atom is -0.384 e. The van der Waals surface area contributed by atoms with E-state index in [9.17, 15) is 16.8 Å². The molecule has 2 aromatic carbocycles. The van der Waals surface area contributed by atoms with Crippen LogP contribution in [0.5, 0.6) is 0 Å². The van der Waals surface area contributed by atoms with E-state index in [4.69, 9.17) is 20.8 Å². The molecule has 1 radical (unpaired) electrons. The molecule has 0 atom stereocenters.